The quantitative estimate of drug-likeness (QED) is 0.800. The smallest absolute Gasteiger partial charge is 0.207 e. The maximum absolute atomic E-state index is 11.4. The van der Waals surface area contributed by atoms with Crippen LogP contribution >= 0.6 is 10.7 Å². The van der Waals surface area contributed by atoms with Gasteiger partial charge in [-0.3, -0.25) is 0 Å². The predicted octanol–water partition coefficient (Wildman–Crippen LogP) is 3.20. The Morgan fingerprint density at radius 2 is 1.47 bits per heavy atom. The zero-order valence-electron chi connectivity index (χ0n) is 9.01. The molecule has 0 fully saturated rings. The van der Waals surface area contributed by atoms with Crippen LogP contribution in [0.5, 0.6) is 0 Å². The van der Waals surface area contributed by atoms with Crippen LogP contribution in [-0.4, -0.2) is 8.42 Å². The van der Waals surface area contributed by atoms with Crippen molar-refractivity contribution in [3.63, 3.8) is 0 Å². The average molecular weight is 267 g/mol. The van der Waals surface area contributed by atoms with Crippen molar-refractivity contribution < 1.29 is 8.42 Å². The van der Waals surface area contributed by atoms with E-state index in [0.717, 1.165) is 5.56 Å². The first-order valence-electron chi connectivity index (χ1n) is 5.14. The Balaban J connectivity index is 2.41. The molecular weight excluding hydrogens is 256 g/mol. The van der Waals surface area contributed by atoms with E-state index in [1.807, 2.05) is 36.4 Å². The van der Waals surface area contributed by atoms with E-state index >= 15 is 0 Å². The number of halogens is 1. The fourth-order valence-corrected chi connectivity index (χ4v) is 2.85. The van der Waals surface area contributed by atoms with E-state index in [0.29, 0.717) is 12.0 Å². The molecule has 0 N–H and O–H groups in total. The van der Waals surface area contributed by atoms with Crippen LogP contribution in [0.15, 0.2) is 59.5 Å². The highest BCUT2D eigenvalue weighted by Crippen LogP contribution is 2.22. The lowest BCUT2D eigenvalue weighted by molar-refractivity contribution is 0.608. The van der Waals surface area contributed by atoms with Gasteiger partial charge in [-0.05, 0) is 23.6 Å². The highest BCUT2D eigenvalue weighted by Gasteiger charge is 2.14. The van der Waals surface area contributed by atoms with Crippen LogP contribution in [0.4, 0.5) is 0 Å². The molecule has 0 heterocycles. The van der Waals surface area contributed by atoms with Crippen LogP contribution in [0.3, 0.4) is 0 Å². The molecule has 2 rings (SSSR count). The molecule has 0 unspecified atom stereocenters. The van der Waals surface area contributed by atoms with E-state index in [1.165, 1.54) is 6.07 Å². The van der Waals surface area contributed by atoms with Crippen LogP contribution in [0.1, 0.15) is 11.1 Å². The summed E-state index contributed by atoms with van der Waals surface area (Å²) in [5.74, 6) is 0. The molecular formula is C13H11ClO2S. The van der Waals surface area contributed by atoms with Crippen molar-refractivity contribution in [3.05, 3.63) is 65.7 Å². The second-order valence-electron chi connectivity index (χ2n) is 3.71. The van der Waals surface area contributed by atoms with Crippen LogP contribution in [0.2, 0.25) is 0 Å². The monoisotopic (exact) mass is 266 g/mol. The summed E-state index contributed by atoms with van der Waals surface area (Å²) in [7, 11) is 1.72. The van der Waals surface area contributed by atoms with Crippen LogP contribution in [0.25, 0.3) is 0 Å². The summed E-state index contributed by atoms with van der Waals surface area (Å²) >= 11 is 0. The highest BCUT2D eigenvalue weighted by atomic mass is 35.7. The third kappa shape index (κ3) is 3.08. The minimum absolute atomic E-state index is 0.186. The van der Waals surface area contributed by atoms with Crippen LogP contribution in [0, 0.1) is 0 Å². The first kappa shape index (κ1) is 12.1. The molecule has 0 aliphatic heterocycles. The molecule has 0 spiro atoms. The Labute approximate surface area is 105 Å². The Hall–Kier alpha value is -1.32. The van der Waals surface area contributed by atoms with E-state index in [4.69, 9.17) is 10.7 Å². The molecule has 0 bridgehead atoms. The van der Waals surface area contributed by atoms with Crippen LogP contribution in [-0.2, 0) is 15.5 Å². The van der Waals surface area contributed by atoms with Gasteiger partial charge in [0.05, 0.1) is 4.90 Å². The van der Waals surface area contributed by atoms with Gasteiger partial charge >= 0.3 is 0 Å². The summed E-state index contributed by atoms with van der Waals surface area (Å²) in [4.78, 5) is 0.186. The summed E-state index contributed by atoms with van der Waals surface area (Å²) in [6, 6.07) is 16.5. The average Bonchev–Trinajstić information content (AvgIpc) is 2.30. The summed E-state index contributed by atoms with van der Waals surface area (Å²) in [5, 5.41) is 0. The zero-order chi connectivity index (χ0) is 12.3. The van der Waals surface area contributed by atoms with Crippen molar-refractivity contribution in [1.82, 2.24) is 0 Å². The van der Waals surface area contributed by atoms with Gasteiger partial charge in [-0.15, -0.1) is 0 Å². The van der Waals surface area contributed by atoms with Gasteiger partial charge in [-0.2, -0.15) is 0 Å². The zero-order valence-corrected chi connectivity index (χ0v) is 10.6. The van der Waals surface area contributed by atoms with Gasteiger partial charge in [0.15, 0.2) is 0 Å². The molecule has 0 amide bonds. The third-order valence-corrected chi connectivity index (χ3v) is 3.90. The number of rotatable bonds is 3. The Morgan fingerprint density at radius 1 is 0.882 bits per heavy atom. The topological polar surface area (TPSA) is 34.1 Å². The molecule has 17 heavy (non-hydrogen) atoms. The van der Waals surface area contributed by atoms with E-state index in [-0.39, 0.29) is 4.90 Å². The Morgan fingerprint density at radius 3 is 2.12 bits per heavy atom. The van der Waals surface area contributed by atoms with Gasteiger partial charge in [0, 0.05) is 10.7 Å². The minimum Gasteiger partial charge on any atom is -0.207 e. The van der Waals surface area contributed by atoms with Crippen molar-refractivity contribution in [2.45, 2.75) is 11.3 Å². The number of hydrogen-bond donors (Lipinski definition) is 0. The first-order valence-corrected chi connectivity index (χ1v) is 7.45. The molecule has 0 saturated carbocycles. The molecule has 0 aromatic heterocycles. The maximum atomic E-state index is 11.4. The van der Waals surface area contributed by atoms with Gasteiger partial charge in [-0.25, -0.2) is 8.42 Å². The van der Waals surface area contributed by atoms with Gasteiger partial charge in [0.25, 0.3) is 9.05 Å². The van der Waals surface area contributed by atoms with Crippen molar-refractivity contribution >= 4 is 19.7 Å². The lowest BCUT2D eigenvalue weighted by atomic mass is 10.1. The first-order chi connectivity index (χ1) is 8.07. The van der Waals surface area contributed by atoms with Crippen molar-refractivity contribution in [1.29, 1.82) is 0 Å². The molecule has 0 radical (unpaired) electrons. The number of hydrogen-bond acceptors (Lipinski definition) is 2. The van der Waals surface area contributed by atoms with Gasteiger partial charge in [-0.1, -0.05) is 48.5 Å². The van der Waals surface area contributed by atoms with Crippen molar-refractivity contribution in [2.75, 3.05) is 0 Å². The van der Waals surface area contributed by atoms with E-state index < -0.39 is 9.05 Å². The normalized spacial score (nSPS) is 11.4. The van der Waals surface area contributed by atoms with E-state index in [9.17, 15) is 8.42 Å². The minimum atomic E-state index is -3.68. The molecule has 0 aliphatic rings. The van der Waals surface area contributed by atoms with E-state index in [1.54, 1.807) is 12.1 Å². The Bertz CT molecular complexity index is 606. The van der Waals surface area contributed by atoms with Gasteiger partial charge < -0.3 is 0 Å². The fraction of sp³-hybridized carbons (Fsp3) is 0.0769. The maximum Gasteiger partial charge on any atom is 0.261 e. The number of benzene rings is 2. The highest BCUT2D eigenvalue weighted by molar-refractivity contribution is 8.13. The molecule has 2 aromatic carbocycles. The third-order valence-electron chi connectivity index (χ3n) is 2.47. The van der Waals surface area contributed by atoms with Crippen LogP contribution < -0.4 is 0 Å². The standard InChI is InChI=1S/C13H11ClO2S/c14-17(15,16)13-9-5-4-8-12(13)10-11-6-2-1-3-7-11/h1-9H,10H2. The predicted molar refractivity (Wildman–Crippen MR) is 68.7 cm³/mol. The fourth-order valence-electron chi connectivity index (χ4n) is 1.70. The summed E-state index contributed by atoms with van der Waals surface area (Å²) in [6.07, 6.45) is 0.558. The largest absolute Gasteiger partial charge is 0.261 e. The second-order valence-corrected chi connectivity index (χ2v) is 6.24. The summed E-state index contributed by atoms with van der Waals surface area (Å²) in [6.45, 7) is 0. The van der Waals surface area contributed by atoms with Gasteiger partial charge in [0.2, 0.25) is 0 Å². The lowest BCUT2D eigenvalue weighted by Gasteiger charge is -2.06. The lowest BCUT2D eigenvalue weighted by Crippen LogP contribution is -1.98. The van der Waals surface area contributed by atoms with Crippen molar-refractivity contribution in [2.24, 2.45) is 0 Å². The molecule has 2 nitrogen and oxygen atoms in total. The molecule has 0 atom stereocenters. The molecule has 88 valence electrons. The second kappa shape index (κ2) is 4.90. The summed E-state index contributed by atoms with van der Waals surface area (Å²) in [5.41, 5.74) is 1.77. The van der Waals surface area contributed by atoms with E-state index in [2.05, 4.69) is 0 Å². The SMILES string of the molecule is O=S(=O)(Cl)c1ccccc1Cc1ccccc1. The summed E-state index contributed by atoms with van der Waals surface area (Å²) < 4.78 is 22.8. The molecule has 0 aliphatic carbocycles. The molecule has 4 heteroatoms. The van der Waals surface area contributed by atoms with Crippen molar-refractivity contribution in [3.8, 4) is 0 Å². The van der Waals surface area contributed by atoms with Gasteiger partial charge in [0.1, 0.15) is 0 Å². The molecule has 2 aromatic rings. The molecule has 0 saturated heterocycles. The Kier molecular flexibility index (Phi) is 3.50.